The number of carbonyl (C=O) groups excluding carboxylic acids is 2. The minimum atomic E-state index is -0.675. The van der Waals surface area contributed by atoms with Crippen LogP contribution in [-0.2, 0) is 0 Å². The quantitative estimate of drug-likeness (QED) is 0.465. The van der Waals surface area contributed by atoms with Crippen molar-refractivity contribution < 1.29 is 14.0 Å². The second-order valence-corrected chi connectivity index (χ2v) is 7.19. The van der Waals surface area contributed by atoms with E-state index in [1.54, 1.807) is 18.2 Å². The van der Waals surface area contributed by atoms with Crippen molar-refractivity contribution in [3.05, 3.63) is 114 Å². The maximum Gasteiger partial charge on any atom is 0.259 e. The van der Waals surface area contributed by atoms with Gasteiger partial charge in [-0.25, -0.2) is 9.07 Å². The zero-order chi connectivity index (χ0) is 22.5. The number of hydrogen-bond acceptors (Lipinski definition) is 3. The van der Waals surface area contributed by atoms with Gasteiger partial charge >= 0.3 is 0 Å². The Bertz CT molecular complexity index is 1240. The van der Waals surface area contributed by atoms with Crippen molar-refractivity contribution >= 4 is 17.6 Å². The Labute approximate surface area is 184 Å². The van der Waals surface area contributed by atoms with Gasteiger partial charge in [0.15, 0.2) is 0 Å². The lowest BCUT2D eigenvalue weighted by Gasteiger charge is -2.15. The standard InChI is InChI=1S/C25H21FN4O2/c1-17(18-10-4-2-5-11-18)28-25(32)21-16-27-30(19-12-6-3-7-13-19)23(21)29-24(31)20-14-8-9-15-22(20)26/h2-17H,1H3,(H,28,32)(H,29,31)/t17-/m1/s1. The van der Waals surface area contributed by atoms with Crippen LogP contribution in [0, 0.1) is 5.82 Å². The average Bonchev–Trinajstić information content (AvgIpc) is 3.24. The van der Waals surface area contributed by atoms with E-state index >= 15 is 0 Å². The molecule has 0 aliphatic heterocycles. The van der Waals surface area contributed by atoms with Gasteiger partial charge in [0.25, 0.3) is 11.8 Å². The van der Waals surface area contributed by atoms with E-state index in [-0.39, 0.29) is 23.0 Å². The van der Waals surface area contributed by atoms with Crippen molar-refractivity contribution in [2.75, 3.05) is 5.32 Å². The molecule has 4 aromatic rings. The van der Waals surface area contributed by atoms with E-state index in [2.05, 4.69) is 15.7 Å². The molecule has 1 atom stereocenters. The third-order valence-electron chi connectivity index (χ3n) is 5.01. The fourth-order valence-electron chi connectivity index (χ4n) is 3.32. The molecule has 0 bridgehead atoms. The van der Waals surface area contributed by atoms with Gasteiger partial charge in [-0.1, -0.05) is 60.7 Å². The summed E-state index contributed by atoms with van der Waals surface area (Å²) in [5.74, 6) is -1.58. The molecular formula is C25H21FN4O2. The highest BCUT2D eigenvalue weighted by Gasteiger charge is 2.23. The monoisotopic (exact) mass is 428 g/mol. The number of para-hydroxylation sites is 1. The van der Waals surface area contributed by atoms with E-state index < -0.39 is 17.6 Å². The summed E-state index contributed by atoms with van der Waals surface area (Å²) < 4.78 is 15.6. The molecule has 0 fully saturated rings. The minimum Gasteiger partial charge on any atom is -0.345 e. The average molecular weight is 428 g/mol. The van der Waals surface area contributed by atoms with Crippen molar-refractivity contribution in [3.8, 4) is 5.69 Å². The van der Waals surface area contributed by atoms with Crippen LogP contribution in [0.4, 0.5) is 10.2 Å². The van der Waals surface area contributed by atoms with Crippen LogP contribution in [0.2, 0.25) is 0 Å². The van der Waals surface area contributed by atoms with E-state index in [4.69, 9.17) is 0 Å². The molecule has 0 radical (unpaired) electrons. The Kier molecular flexibility index (Phi) is 6.07. The predicted octanol–water partition coefficient (Wildman–Crippen LogP) is 4.75. The van der Waals surface area contributed by atoms with E-state index in [9.17, 15) is 14.0 Å². The number of amides is 2. The van der Waals surface area contributed by atoms with Gasteiger partial charge in [0.05, 0.1) is 23.5 Å². The van der Waals surface area contributed by atoms with Crippen LogP contribution in [0.25, 0.3) is 5.69 Å². The van der Waals surface area contributed by atoms with Gasteiger partial charge in [0.1, 0.15) is 17.2 Å². The first-order valence-electron chi connectivity index (χ1n) is 10.1. The number of halogens is 1. The number of aromatic nitrogens is 2. The molecule has 0 aliphatic rings. The van der Waals surface area contributed by atoms with Gasteiger partial charge < -0.3 is 10.6 Å². The van der Waals surface area contributed by atoms with E-state index in [1.807, 2.05) is 55.5 Å². The minimum absolute atomic E-state index is 0.127. The SMILES string of the molecule is C[C@@H](NC(=O)c1cnn(-c2ccccc2)c1NC(=O)c1ccccc1F)c1ccccc1. The van der Waals surface area contributed by atoms with Crippen LogP contribution in [0.3, 0.4) is 0 Å². The van der Waals surface area contributed by atoms with E-state index in [1.165, 1.54) is 29.1 Å². The molecule has 3 aromatic carbocycles. The summed E-state index contributed by atoms with van der Waals surface area (Å²) in [6.45, 7) is 1.87. The van der Waals surface area contributed by atoms with Crippen molar-refractivity contribution in [1.82, 2.24) is 15.1 Å². The third-order valence-corrected chi connectivity index (χ3v) is 5.01. The highest BCUT2D eigenvalue weighted by Crippen LogP contribution is 2.23. The van der Waals surface area contributed by atoms with Gasteiger partial charge in [0.2, 0.25) is 0 Å². The van der Waals surface area contributed by atoms with Crippen molar-refractivity contribution in [2.45, 2.75) is 13.0 Å². The first-order chi connectivity index (χ1) is 15.5. The molecule has 32 heavy (non-hydrogen) atoms. The number of nitrogens with zero attached hydrogens (tertiary/aromatic N) is 2. The Morgan fingerprint density at radius 1 is 0.844 bits per heavy atom. The summed E-state index contributed by atoms with van der Waals surface area (Å²) in [4.78, 5) is 25.9. The van der Waals surface area contributed by atoms with Crippen LogP contribution < -0.4 is 10.6 Å². The lowest BCUT2D eigenvalue weighted by molar-refractivity contribution is 0.0941. The Hall–Kier alpha value is -4.26. The third kappa shape index (κ3) is 4.41. The molecule has 4 rings (SSSR count). The largest absolute Gasteiger partial charge is 0.345 e. The van der Waals surface area contributed by atoms with E-state index in [0.29, 0.717) is 5.69 Å². The van der Waals surface area contributed by atoms with Crippen LogP contribution in [0.15, 0.2) is 91.1 Å². The highest BCUT2D eigenvalue weighted by atomic mass is 19.1. The molecule has 160 valence electrons. The van der Waals surface area contributed by atoms with Crippen LogP contribution in [0.5, 0.6) is 0 Å². The Morgan fingerprint density at radius 3 is 2.16 bits per heavy atom. The molecule has 0 unspecified atom stereocenters. The number of nitrogens with one attached hydrogen (secondary N) is 2. The number of rotatable bonds is 6. The second-order valence-electron chi connectivity index (χ2n) is 7.19. The molecule has 1 heterocycles. The summed E-state index contributed by atoms with van der Waals surface area (Å²) in [6, 6.07) is 24.0. The van der Waals surface area contributed by atoms with E-state index in [0.717, 1.165) is 5.56 Å². The molecule has 2 amide bonds. The fourth-order valence-corrected chi connectivity index (χ4v) is 3.32. The zero-order valence-corrected chi connectivity index (χ0v) is 17.3. The zero-order valence-electron chi connectivity index (χ0n) is 17.3. The second kappa shape index (κ2) is 9.26. The number of anilines is 1. The lowest BCUT2D eigenvalue weighted by Crippen LogP contribution is -2.28. The van der Waals surface area contributed by atoms with Crippen LogP contribution >= 0.6 is 0 Å². The number of hydrogen-bond donors (Lipinski definition) is 2. The van der Waals surface area contributed by atoms with Gasteiger partial charge in [0, 0.05) is 0 Å². The first-order valence-corrected chi connectivity index (χ1v) is 10.1. The van der Waals surface area contributed by atoms with Crippen molar-refractivity contribution in [3.63, 3.8) is 0 Å². The maximum absolute atomic E-state index is 14.1. The summed E-state index contributed by atoms with van der Waals surface area (Å²) in [5, 5.41) is 9.90. The Balaban J connectivity index is 1.68. The Morgan fingerprint density at radius 2 is 1.47 bits per heavy atom. The summed E-state index contributed by atoms with van der Waals surface area (Å²) in [5.41, 5.74) is 1.62. The molecule has 6 nitrogen and oxygen atoms in total. The molecule has 0 saturated carbocycles. The van der Waals surface area contributed by atoms with Crippen LogP contribution in [0.1, 0.15) is 39.2 Å². The molecule has 2 N–H and O–H groups in total. The van der Waals surface area contributed by atoms with Crippen molar-refractivity contribution in [1.29, 1.82) is 0 Å². The highest BCUT2D eigenvalue weighted by molar-refractivity contribution is 6.08. The summed E-state index contributed by atoms with van der Waals surface area (Å²) >= 11 is 0. The summed E-state index contributed by atoms with van der Waals surface area (Å²) in [6.07, 6.45) is 1.39. The predicted molar refractivity (Wildman–Crippen MR) is 120 cm³/mol. The molecule has 1 aromatic heterocycles. The molecule has 7 heteroatoms. The molecule has 0 aliphatic carbocycles. The van der Waals surface area contributed by atoms with Crippen molar-refractivity contribution in [2.24, 2.45) is 0 Å². The van der Waals surface area contributed by atoms with Gasteiger partial charge in [-0.15, -0.1) is 0 Å². The van der Waals surface area contributed by atoms with Gasteiger partial charge in [-0.2, -0.15) is 5.10 Å². The smallest absolute Gasteiger partial charge is 0.259 e. The molecule has 0 spiro atoms. The topological polar surface area (TPSA) is 76.0 Å². The van der Waals surface area contributed by atoms with Gasteiger partial charge in [-0.05, 0) is 36.8 Å². The molecule has 0 saturated heterocycles. The van der Waals surface area contributed by atoms with Gasteiger partial charge in [-0.3, -0.25) is 9.59 Å². The molecular weight excluding hydrogens is 407 g/mol. The number of benzene rings is 3. The fraction of sp³-hybridized carbons (Fsp3) is 0.0800. The summed E-state index contributed by atoms with van der Waals surface area (Å²) in [7, 11) is 0. The number of carbonyl (C=O) groups is 2. The first kappa shape index (κ1) is 21.0. The maximum atomic E-state index is 14.1. The van der Waals surface area contributed by atoms with Crippen LogP contribution in [-0.4, -0.2) is 21.6 Å². The lowest BCUT2D eigenvalue weighted by atomic mass is 10.1. The normalized spacial score (nSPS) is 11.6.